The van der Waals surface area contributed by atoms with E-state index in [1.165, 1.54) is 0 Å². The molecular weight excluding hydrogens is 258 g/mol. The molecule has 0 N–H and O–H groups in total. The summed E-state index contributed by atoms with van der Waals surface area (Å²) in [6.45, 7) is 1.97. The molecular formula is C13H15N5O2. The van der Waals surface area contributed by atoms with E-state index in [0.717, 1.165) is 29.2 Å². The average molecular weight is 273 g/mol. The van der Waals surface area contributed by atoms with Crippen LogP contribution in [-0.2, 0) is 0 Å². The van der Waals surface area contributed by atoms with Crippen molar-refractivity contribution in [1.29, 1.82) is 0 Å². The highest BCUT2D eigenvalue weighted by molar-refractivity contribution is 5.85. The summed E-state index contributed by atoms with van der Waals surface area (Å²) in [5.41, 5.74) is 2.01. The Morgan fingerprint density at radius 3 is 2.85 bits per heavy atom. The molecule has 1 unspecified atom stereocenters. The van der Waals surface area contributed by atoms with Gasteiger partial charge >= 0.3 is 0 Å². The first kappa shape index (κ1) is 12.6. The standard InChI is InChI=1S/C13H15N5O2/c1-8-6-11(18-13(14-8)15-16-17-18)10-5-4-9(19-2)7-12(10)20-3/h4-5,7,11H,6H2,1-3H3. The minimum Gasteiger partial charge on any atom is -0.497 e. The zero-order valence-electron chi connectivity index (χ0n) is 11.6. The first-order valence-corrected chi connectivity index (χ1v) is 6.27. The Bertz CT molecular complexity index is 665. The van der Waals surface area contributed by atoms with E-state index in [1.807, 2.05) is 25.1 Å². The van der Waals surface area contributed by atoms with Crippen molar-refractivity contribution < 1.29 is 9.47 Å². The number of fused-ring (bicyclic) bond motifs is 1. The summed E-state index contributed by atoms with van der Waals surface area (Å²) in [7, 11) is 3.27. The van der Waals surface area contributed by atoms with Gasteiger partial charge in [-0.1, -0.05) is 5.10 Å². The van der Waals surface area contributed by atoms with Gasteiger partial charge in [0.25, 0.3) is 5.95 Å². The molecule has 0 bridgehead atoms. The fourth-order valence-electron chi connectivity index (χ4n) is 2.38. The molecule has 0 fully saturated rings. The van der Waals surface area contributed by atoms with Gasteiger partial charge in [0.15, 0.2) is 0 Å². The molecule has 0 spiro atoms. The molecule has 1 aromatic heterocycles. The number of benzene rings is 1. The van der Waals surface area contributed by atoms with Crippen LogP contribution >= 0.6 is 0 Å². The largest absolute Gasteiger partial charge is 0.497 e. The zero-order chi connectivity index (χ0) is 14.1. The Kier molecular flexibility index (Phi) is 3.09. The number of hydrogen-bond donors (Lipinski definition) is 0. The molecule has 0 amide bonds. The second-order valence-corrected chi connectivity index (χ2v) is 4.60. The molecule has 2 heterocycles. The molecule has 0 saturated heterocycles. The van der Waals surface area contributed by atoms with E-state index in [9.17, 15) is 0 Å². The second-order valence-electron chi connectivity index (χ2n) is 4.60. The van der Waals surface area contributed by atoms with Crippen LogP contribution in [0.15, 0.2) is 23.2 Å². The van der Waals surface area contributed by atoms with Crippen molar-refractivity contribution >= 4 is 11.7 Å². The Hall–Kier alpha value is -2.44. The number of aliphatic imine (C=N–C) groups is 1. The minimum atomic E-state index is -0.0154. The number of tetrazole rings is 1. The number of nitrogens with zero attached hydrogens (tertiary/aromatic N) is 5. The van der Waals surface area contributed by atoms with Crippen molar-refractivity contribution in [2.45, 2.75) is 19.4 Å². The van der Waals surface area contributed by atoms with E-state index in [-0.39, 0.29) is 6.04 Å². The fraction of sp³-hybridized carbons (Fsp3) is 0.385. The Balaban J connectivity index is 2.08. The SMILES string of the molecule is COc1ccc(C2CC(C)=Nc3nnnn32)c(OC)c1. The highest BCUT2D eigenvalue weighted by Gasteiger charge is 2.27. The Labute approximate surface area is 116 Å². The highest BCUT2D eigenvalue weighted by Crippen LogP contribution is 2.36. The molecule has 2 aromatic rings. The maximum absolute atomic E-state index is 5.47. The second kappa shape index (κ2) is 4.92. The normalized spacial score (nSPS) is 17.4. The summed E-state index contributed by atoms with van der Waals surface area (Å²) >= 11 is 0. The van der Waals surface area contributed by atoms with Crippen LogP contribution in [-0.4, -0.2) is 40.1 Å². The lowest BCUT2D eigenvalue weighted by atomic mass is 9.99. The molecule has 1 aliphatic heterocycles. The topological polar surface area (TPSA) is 74.4 Å². The van der Waals surface area contributed by atoms with E-state index in [0.29, 0.717) is 5.95 Å². The summed E-state index contributed by atoms with van der Waals surface area (Å²) in [6, 6.07) is 5.73. The molecule has 1 aromatic carbocycles. The molecule has 104 valence electrons. The number of aromatic nitrogens is 4. The molecule has 7 heteroatoms. The van der Waals surface area contributed by atoms with Crippen molar-refractivity contribution in [2.24, 2.45) is 4.99 Å². The highest BCUT2D eigenvalue weighted by atomic mass is 16.5. The van der Waals surface area contributed by atoms with Gasteiger partial charge in [0.1, 0.15) is 11.5 Å². The molecule has 0 saturated carbocycles. The molecule has 3 rings (SSSR count). The van der Waals surface area contributed by atoms with Crippen molar-refractivity contribution in [2.75, 3.05) is 14.2 Å². The minimum absolute atomic E-state index is 0.0154. The average Bonchev–Trinajstić information content (AvgIpc) is 2.93. The summed E-state index contributed by atoms with van der Waals surface area (Å²) < 4.78 is 12.4. The summed E-state index contributed by atoms with van der Waals surface area (Å²) in [4.78, 5) is 4.35. The first-order chi connectivity index (χ1) is 9.72. The molecule has 7 nitrogen and oxygen atoms in total. The van der Waals surface area contributed by atoms with Crippen molar-refractivity contribution in [1.82, 2.24) is 20.2 Å². The molecule has 1 aliphatic rings. The van der Waals surface area contributed by atoms with E-state index >= 15 is 0 Å². The van der Waals surface area contributed by atoms with E-state index in [1.54, 1.807) is 18.9 Å². The van der Waals surface area contributed by atoms with Gasteiger partial charge in [-0.25, -0.2) is 9.67 Å². The van der Waals surface area contributed by atoms with E-state index < -0.39 is 0 Å². The maximum atomic E-state index is 5.47. The van der Waals surface area contributed by atoms with Gasteiger partial charge in [-0.05, 0) is 29.5 Å². The van der Waals surface area contributed by atoms with Crippen molar-refractivity contribution in [3.8, 4) is 11.5 Å². The van der Waals surface area contributed by atoms with Crippen LogP contribution in [0.1, 0.15) is 24.9 Å². The predicted octanol–water partition coefficient (Wildman–Crippen LogP) is 1.78. The molecule has 0 aliphatic carbocycles. The number of methoxy groups -OCH3 is 2. The van der Waals surface area contributed by atoms with Gasteiger partial charge in [0.2, 0.25) is 0 Å². The van der Waals surface area contributed by atoms with Crippen LogP contribution in [0.3, 0.4) is 0 Å². The van der Waals surface area contributed by atoms with Gasteiger partial charge in [-0.15, -0.1) is 0 Å². The molecule has 0 radical (unpaired) electrons. The number of ether oxygens (including phenoxy) is 2. The van der Waals surface area contributed by atoms with Gasteiger partial charge in [0, 0.05) is 23.8 Å². The van der Waals surface area contributed by atoms with E-state index in [2.05, 4.69) is 20.5 Å². The Morgan fingerprint density at radius 1 is 1.25 bits per heavy atom. The van der Waals surface area contributed by atoms with Gasteiger partial charge in [-0.2, -0.15) is 0 Å². The third kappa shape index (κ3) is 2.01. The summed E-state index contributed by atoms with van der Waals surface area (Å²) in [5, 5.41) is 11.6. The molecule has 20 heavy (non-hydrogen) atoms. The third-order valence-electron chi connectivity index (χ3n) is 3.35. The lowest BCUT2D eigenvalue weighted by Crippen LogP contribution is -2.19. The third-order valence-corrected chi connectivity index (χ3v) is 3.35. The van der Waals surface area contributed by atoms with Crippen LogP contribution in [0.25, 0.3) is 0 Å². The monoisotopic (exact) mass is 273 g/mol. The fourth-order valence-corrected chi connectivity index (χ4v) is 2.38. The molecule has 1 atom stereocenters. The lowest BCUT2D eigenvalue weighted by molar-refractivity contribution is 0.382. The van der Waals surface area contributed by atoms with Gasteiger partial charge < -0.3 is 9.47 Å². The van der Waals surface area contributed by atoms with Crippen LogP contribution in [0.2, 0.25) is 0 Å². The van der Waals surface area contributed by atoms with Crippen LogP contribution in [0.4, 0.5) is 5.95 Å². The smallest absolute Gasteiger partial charge is 0.269 e. The van der Waals surface area contributed by atoms with E-state index in [4.69, 9.17) is 9.47 Å². The van der Waals surface area contributed by atoms with Gasteiger partial charge in [-0.3, -0.25) is 0 Å². The quantitative estimate of drug-likeness (QED) is 0.852. The van der Waals surface area contributed by atoms with Crippen LogP contribution < -0.4 is 9.47 Å². The number of hydrogen-bond acceptors (Lipinski definition) is 6. The lowest BCUT2D eigenvalue weighted by Gasteiger charge is -2.23. The Morgan fingerprint density at radius 2 is 2.10 bits per heavy atom. The predicted molar refractivity (Wildman–Crippen MR) is 72.9 cm³/mol. The maximum Gasteiger partial charge on any atom is 0.269 e. The first-order valence-electron chi connectivity index (χ1n) is 6.27. The van der Waals surface area contributed by atoms with Gasteiger partial charge in [0.05, 0.1) is 20.3 Å². The number of rotatable bonds is 3. The zero-order valence-corrected chi connectivity index (χ0v) is 11.6. The summed E-state index contributed by atoms with van der Waals surface area (Å²) in [5.74, 6) is 2.03. The van der Waals surface area contributed by atoms with Crippen molar-refractivity contribution in [3.05, 3.63) is 23.8 Å². The van der Waals surface area contributed by atoms with Crippen molar-refractivity contribution in [3.63, 3.8) is 0 Å². The van der Waals surface area contributed by atoms with Crippen LogP contribution in [0.5, 0.6) is 11.5 Å². The van der Waals surface area contributed by atoms with Crippen LogP contribution in [0, 0.1) is 0 Å². The summed E-state index contributed by atoms with van der Waals surface area (Å²) in [6.07, 6.45) is 0.751.